The molecule has 0 aliphatic carbocycles. The van der Waals surface area contributed by atoms with E-state index >= 15 is 8.78 Å². The number of benzene rings is 3. The van der Waals surface area contributed by atoms with Crippen LogP contribution in [0.2, 0.25) is 0 Å². The van der Waals surface area contributed by atoms with Crippen LogP contribution in [0.25, 0.3) is 0 Å². The number of alkyl halides is 6. The lowest BCUT2D eigenvalue weighted by molar-refractivity contribution is -0.207. The van der Waals surface area contributed by atoms with E-state index in [2.05, 4.69) is 115 Å². The molecule has 8 aromatic rings. The van der Waals surface area contributed by atoms with E-state index < -0.39 is 104 Å². The highest BCUT2D eigenvalue weighted by molar-refractivity contribution is 9.11. The quantitative estimate of drug-likeness (QED) is 0.0508. The summed E-state index contributed by atoms with van der Waals surface area (Å²) in [5.74, 6) is -19.9. The van der Waals surface area contributed by atoms with E-state index in [0.29, 0.717) is 37.7 Å². The Morgan fingerprint density at radius 1 is 0.619 bits per heavy atom. The van der Waals surface area contributed by atoms with Crippen molar-refractivity contribution in [2.75, 3.05) is 19.8 Å². The third-order valence-corrected chi connectivity index (χ3v) is 13.0. The fourth-order valence-electron chi connectivity index (χ4n) is 6.69. The number of aromatic nitrogens is 8. The average molecular weight is 1520 g/mol. The van der Waals surface area contributed by atoms with E-state index in [0.717, 1.165) is 94.2 Å². The van der Waals surface area contributed by atoms with Gasteiger partial charge in [-0.3, -0.25) is 24.5 Å². The molecule has 0 amide bonds. The van der Waals surface area contributed by atoms with E-state index in [-0.39, 0.29) is 39.2 Å². The van der Waals surface area contributed by atoms with Crippen LogP contribution >= 0.6 is 79.6 Å². The highest BCUT2D eigenvalue weighted by atomic mass is 79.9. The van der Waals surface area contributed by atoms with Crippen LogP contribution in [0.4, 0.5) is 57.4 Å². The van der Waals surface area contributed by atoms with Gasteiger partial charge in [-0.1, -0.05) is 22.3 Å². The number of Topliss-reactive ketones (excluding diaryl/α,β-unsaturated/α-hetero) is 1. The van der Waals surface area contributed by atoms with Crippen LogP contribution < -0.4 is 0 Å². The lowest BCUT2D eigenvalue weighted by Gasteiger charge is -2.35. The molecule has 6 heterocycles. The monoisotopic (exact) mass is 1520 g/mol. The predicted octanol–water partition coefficient (Wildman–Crippen LogP) is 16.7. The first-order chi connectivity index (χ1) is 37.6. The molecule has 456 valence electrons. The van der Waals surface area contributed by atoms with Gasteiger partial charge in [-0.05, 0) is 189 Å². The van der Waals surface area contributed by atoms with Gasteiger partial charge < -0.3 is 14.6 Å². The van der Waals surface area contributed by atoms with Crippen molar-refractivity contribution < 1.29 is 76.8 Å². The fraction of sp³-hybridized carbons (Fsp3) is 0.259. The molecule has 3 aromatic carbocycles. The molecule has 1 saturated heterocycles. The molecular weight excluding hydrogens is 1470 g/mol. The number of epoxide rings is 1. The van der Waals surface area contributed by atoms with Gasteiger partial charge in [0.05, 0.1) is 18.7 Å². The summed E-state index contributed by atoms with van der Waals surface area (Å²) in [6.45, 7) is 4.41. The Balaban J connectivity index is 0.000000559. The second kappa shape index (κ2) is 33.3. The minimum absolute atomic E-state index is 0. The van der Waals surface area contributed by atoms with Crippen LogP contribution in [0.15, 0.2) is 157 Å². The molecule has 1 aliphatic rings. The van der Waals surface area contributed by atoms with Gasteiger partial charge in [0.2, 0.25) is 5.78 Å². The van der Waals surface area contributed by atoms with Crippen LogP contribution in [0.3, 0.4) is 0 Å². The van der Waals surface area contributed by atoms with Crippen molar-refractivity contribution in [1.29, 1.82) is 0 Å². The van der Waals surface area contributed by atoms with Crippen molar-refractivity contribution in [3.63, 3.8) is 0 Å². The minimum Gasteiger partial charge on any atom is -0.382 e. The topological polar surface area (TPSA) is 154 Å². The van der Waals surface area contributed by atoms with Crippen molar-refractivity contribution in [1.82, 2.24) is 40.1 Å². The van der Waals surface area contributed by atoms with E-state index in [1.165, 1.54) is 24.4 Å². The number of aliphatic hydroxyl groups is 1. The average Bonchev–Trinajstić information content (AvgIpc) is 1.64. The Morgan fingerprint density at radius 2 is 1.07 bits per heavy atom. The Kier molecular flexibility index (Phi) is 30.3. The highest BCUT2D eigenvalue weighted by Crippen LogP contribution is 2.56. The van der Waals surface area contributed by atoms with Crippen LogP contribution in [0, 0.1) is 34.9 Å². The maximum atomic E-state index is 15.2. The Morgan fingerprint density at radius 3 is 1.46 bits per heavy atom. The number of tetrazole rings is 1. The highest BCUT2D eigenvalue weighted by Gasteiger charge is 2.68. The van der Waals surface area contributed by atoms with Crippen molar-refractivity contribution in [2.24, 2.45) is 0 Å². The predicted molar refractivity (Wildman–Crippen MR) is 305 cm³/mol. The third kappa shape index (κ3) is 19.2. The molecule has 84 heavy (non-hydrogen) atoms. The molecule has 0 spiro atoms. The molecule has 0 bridgehead atoms. The van der Waals surface area contributed by atoms with Crippen molar-refractivity contribution in [2.45, 2.75) is 71.6 Å². The Bertz CT molecular complexity index is 3290. The molecule has 12 nitrogen and oxygen atoms in total. The summed E-state index contributed by atoms with van der Waals surface area (Å²) in [7, 11) is 0. The molecule has 9 rings (SSSR count). The zero-order valence-corrected chi connectivity index (χ0v) is 49.0. The molecule has 30 heteroatoms. The summed E-state index contributed by atoms with van der Waals surface area (Å²) in [6.07, 6.45) is 6.15. The largest absolute Gasteiger partial charge is 0.382 e. The van der Waals surface area contributed by atoms with Crippen LogP contribution in [0.5, 0.6) is 0 Å². The van der Waals surface area contributed by atoms with Crippen molar-refractivity contribution in [3.05, 3.63) is 225 Å². The number of halogens is 18. The van der Waals surface area contributed by atoms with Gasteiger partial charge in [0.25, 0.3) is 0 Å². The van der Waals surface area contributed by atoms with Crippen molar-refractivity contribution >= 4 is 85.4 Å². The maximum Gasteiger partial charge on any atom is 0.351 e. The molecule has 1 N–H and O–H groups in total. The zero-order valence-electron chi connectivity index (χ0n) is 41.1. The van der Waals surface area contributed by atoms with Gasteiger partial charge in [0.15, 0.2) is 11.2 Å². The van der Waals surface area contributed by atoms with Gasteiger partial charge in [-0.15, -0.1) is 5.10 Å². The van der Waals surface area contributed by atoms with E-state index in [1.807, 2.05) is 26.0 Å². The molecule has 2 atom stereocenters. The summed E-state index contributed by atoms with van der Waals surface area (Å²) >= 11 is 15.7. The lowest BCUT2D eigenvalue weighted by Crippen LogP contribution is -2.48. The van der Waals surface area contributed by atoms with E-state index in [9.17, 15) is 53.8 Å². The minimum atomic E-state index is -4.06. The van der Waals surface area contributed by atoms with Gasteiger partial charge in [0, 0.05) is 85.2 Å². The molecule has 5 aromatic heterocycles. The van der Waals surface area contributed by atoms with Gasteiger partial charge >= 0.3 is 17.8 Å². The molecule has 0 radical (unpaired) electrons. The molecular formula is C54H50Br5F13N8O4. The third-order valence-electron chi connectivity index (χ3n) is 10.7. The number of hydrogen-bond donors (Lipinski definition) is 1. The number of rotatable bonds is 13. The van der Waals surface area contributed by atoms with Gasteiger partial charge in [0.1, 0.15) is 62.9 Å². The number of carbonyl (C=O) groups is 1. The van der Waals surface area contributed by atoms with Crippen LogP contribution in [-0.2, 0) is 45.0 Å². The van der Waals surface area contributed by atoms with E-state index in [4.69, 9.17) is 9.47 Å². The number of ether oxygens (including phenoxy) is 2. The van der Waals surface area contributed by atoms with Crippen LogP contribution in [-0.4, -0.2) is 70.9 Å². The molecule has 2 unspecified atom stereocenters. The number of ketones is 1. The summed E-state index contributed by atoms with van der Waals surface area (Å²) in [5, 5.41) is 20.9. The first-order valence-electron chi connectivity index (χ1n) is 22.5. The number of hydrogen-bond acceptors (Lipinski definition) is 11. The zero-order chi connectivity index (χ0) is 59.2. The normalized spacial score (nSPS) is 13.9. The lowest BCUT2D eigenvalue weighted by atomic mass is 9.84. The van der Waals surface area contributed by atoms with Gasteiger partial charge in [-0.25, -0.2) is 36.0 Å². The second-order valence-electron chi connectivity index (χ2n) is 16.1. The van der Waals surface area contributed by atoms with Crippen molar-refractivity contribution in [3.8, 4) is 0 Å². The van der Waals surface area contributed by atoms with E-state index in [1.54, 1.807) is 6.20 Å². The smallest absolute Gasteiger partial charge is 0.351 e. The Hall–Kier alpha value is -5.63. The number of nitrogens with zero attached hydrogens (tertiary/aromatic N) is 8. The standard InChI is InChI=1S/C15H10BrF4N5O.C14H8BrF4NO.C13H6BrF4NO.C5H3Br2N.C4H10O.3CH4.FH/c16-9-1-4-13(21-6-9)15(19,20)14(26,7-25-8-22-23-24-25)11-3-2-10(17)5-12(11)18;15-8-1-4-12(20-6-8)14(18,19)13(7-21-13)10-3-2-9(16)5-11(10)17;14-7-1-4-11(19-6-7)13(17,18)12(20)9-3-2-8(15)5-10(9)16;6-4-1-2-5(7)8-3-4;1-3-5-4-2;;;;/h1-6,8,26H,7H2;1-6H,7H2;1-6H;1-3H;3-4H2,1-2H3;3*1H4;1H. The maximum absolute atomic E-state index is 15.2. The number of pyridine rings is 4. The van der Waals surface area contributed by atoms with Gasteiger partial charge in [-0.2, -0.15) is 26.3 Å². The fourth-order valence-corrected chi connectivity index (χ4v) is 7.86. The first kappa shape index (κ1) is 76.4. The Labute approximate surface area is 515 Å². The summed E-state index contributed by atoms with van der Waals surface area (Å²) in [4.78, 5) is 26.4. The summed E-state index contributed by atoms with van der Waals surface area (Å²) < 4.78 is 182. The first-order valence-corrected chi connectivity index (χ1v) is 26.4. The molecule has 1 fully saturated rings. The summed E-state index contributed by atoms with van der Waals surface area (Å²) in [5.41, 5.74) is -9.50. The second-order valence-corrected chi connectivity index (χ2v) is 20.5. The SMILES string of the molecule is Brc1ccc(Br)nc1.C.C.C.CCOCC.F.Fc1ccc(C2(C(F)(F)c3ccc(Br)cn3)CO2)c(F)c1.O=C(c1ccc(F)cc1F)C(F)(F)c1ccc(Br)cn1.OC(Cn1cnnn1)(c1ccc(F)cc1F)C(F)(F)c1ccc(Br)cn1. The number of carbonyl (C=O) groups excluding carboxylic acids is 1. The molecule has 1 aliphatic heterocycles. The summed E-state index contributed by atoms with van der Waals surface area (Å²) in [6, 6.07) is 17.0. The van der Waals surface area contributed by atoms with Crippen LogP contribution in [0.1, 0.15) is 74.7 Å². The molecule has 0 saturated carbocycles.